The van der Waals surface area contributed by atoms with Crippen LogP contribution >= 0.6 is 11.3 Å². The van der Waals surface area contributed by atoms with Crippen LogP contribution in [-0.4, -0.2) is 38.3 Å². The number of halogens is 3. The van der Waals surface area contributed by atoms with Gasteiger partial charge < -0.3 is 14.8 Å². The molecule has 0 unspecified atom stereocenters. The van der Waals surface area contributed by atoms with Crippen LogP contribution in [0.15, 0.2) is 24.3 Å². The highest BCUT2D eigenvalue weighted by molar-refractivity contribution is 7.20. The molecule has 2 rings (SSSR count). The maximum atomic E-state index is 12.0. The smallest absolute Gasteiger partial charge is 0.405 e. The first-order valence-electron chi connectivity index (χ1n) is 6.37. The first-order valence-corrected chi connectivity index (χ1v) is 7.19. The highest BCUT2D eigenvalue weighted by Gasteiger charge is 2.27. The lowest BCUT2D eigenvalue weighted by Gasteiger charge is -2.10. The first-order chi connectivity index (χ1) is 10.8. The molecule has 1 N–H and O–H groups in total. The number of hydrogen-bond donors (Lipinski definition) is 1. The third-order valence-corrected chi connectivity index (χ3v) is 3.83. The van der Waals surface area contributed by atoms with Gasteiger partial charge in [0.1, 0.15) is 17.2 Å². The number of thiophene rings is 1. The molecule has 1 aromatic heterocycles. The molecule has 0 aliphatic heterocycles. The highest BCUT2D eigenvalue weighted by Crippen LogP contribution is 2.33. The van der Waals surface area contributed by atoms with Gasteiger partial charge in [0, 0.05) is 10.1 Å². The fourth-order valence-corrected chi connectivity index (χ4v) is 2.75. The van der Waals surface area contributed by atoms with Gasteiger partial charge >= 0.3 is 12.1 Å². The molecule has 2 aromatic rings. The van der Waals surface area contributed by atoms with Crippen LogP contribution in [0.25, 0.3) is 10.1 Å². The van der Waals surface area contributed by atoms with Crippen molar-refractivity contribution < 1.29 is 32.2 Å². The predicted molar refractivity (Wildman–Crippen MR) is 77.7 cm³/mol. The number of ether oxygens (including phenoxy) is 2. The summed E-state index contributed by atoms with van der Waals surface area (Å²) in [6.45, 7) is -1.97. The minimum Gasteiger partial charge on any atom is -0.483 e. The van der Waals surface area contributed by atoms with Gasteiger partial charge in [0.2, 0.25) is 0 Å². The molecule has 0 atom stereocenters. The van der Waals surface area contributed by atoms with E-state index in [0.29, 0.717) is 16.0 Å². The second-order valence-electron chi connectivity index (χ2n) is 4.45. The summed E-state index contributed by atoms with van der Waals surface area (Å²) in [5.41, 5.74) is 0. The molecule has 1 amide bonds. The number of nitrogens with one attached hydrogen (secondary N) is 1. The van der Waals surface area contributed by atoms with Gasteiger partial charge in [-0.2, -0.15) is 13.2 Å². The number of alkyl halides is 3. The summed E-state index contributed by atoms with van der Waals surface area (Å²) < 4.78 is 46.6. The van der Waals surface area contributed by atoms with Crippen LogP contribution < -0.4 is 10.1 Å². The summed E-state index contributed by atoms with van der Waals surface area (Å²) in [6, 6.07) is 6.52. The van der Waals surface area contributed by atoms with Crippen LogP contribution in [0.5, 0.6) is 5.75 Å². The number of hydrogen-bond acceptors (Lipinski definition) is 5. The van der Waals surface area contributed by atoms with Crippen LogP contribution in [0.4, 0.5) is 13.2 Å². The van der Waals surface area contributed by atoms with E-state index in [4.69, 9.17) is 4.74 Å². The summed E-state index contributed by atoms with van der Waals surface area (Å²) in [5.74, 6) is -1.08. The zero-order chi connectivity index (χ0) is 17.0. The molecule has 0 aliphatic rings. The van der Waals surface area contributed by atoms with E-state index < -0.39 is 31.2 Å². The Morgan fingerprint density at radius 2 is 2.04 bits per heavy atom. The van der Waals surface area contributed by atoms with Crippen LogP contribution in [0.3, 0.4) is 0 Å². The minimum absolute atomic E-state index is 0.302. The average Bonchev–Trinajstić information content (AvgIpc) is 2.94. The van der Waals surface area contributed by atoms with Gasteiger partial charge in [0.05, 0.1) is 7.11 Å². The molecule has 9 heteroatoms. The summed E-state index contributed by atoms with van der Waals surface area (Å²) in [7, 11) is 1.26. The quantitative estimate of drug-likeness (QED) is 0.845. The van der Waals surface area contributed by atoms with Crippen molar-refractivity contribution in [3.63, 3.8) is 0 Å². The number of methoxy groups -OCH3 is 1. The molecule has 1 heterocycles. The monoisotopic (exact) mass is 347 g/mol. The first kappa shape index (κ1) is 17.1. The number of rotatable bonds is 5. The van der Waals surface area contributed by atoms with Crippen LogP contribution in [0, 0.1) is 0 Å². The molecule has 23 heavy (non-hydrogen) atoms. The Morgan fingerprint density at radius 1 is 1.30 bits per heavy atom. The van der Waals surface area contributed by atoms with Crippen molar-refractivity contribution >= 4 is 33.3 Å². The standard InChI is InChI=1S/C14H12F3NO4S/c1-21-13(20)11-5-8-9(3-2-4-10(8)23-11)22-6-12(19)18-7-14(15,16)17/h2-5H,6-7H2,1H3,(H,18,19). The zero-order valence-corrected chi connectivity index (χ0v) is 12.7. The highest BCUT2D eigenvalue weighted by atomic mass is 32.1. The second-order valence-corrected chi connectivity index (χ2v) is 5.53. The van der Waals surface area contributed by atoms with Gasteiger partial charge in [-0.1, -0.05) is 6.07 Å². The number of fused-ring (bicyclic) bond motifs is 1. The Labute approximate surface area is 133 Å². The van der Waals surface area contributed by atoms with E-state index in [1.807, 2.05) is 0 Å². The Balaban J connectivity index is 2.07. The Kier molecular flexibility index (Phi) is 5.09. The van der Waals surface area contributed by atoms with Crippen molar-refractivity contribution in [2.24, 2.45) is 0 Å². The van der Waals surface area contributed by atoms with Gasteiger partial charge in [-0.15, -0.1) is 11.3 Å². The molecular formula is C14H12F3NO4S. The van der Waals surface area contributed by atoms with Crippen LogP contribution in [0.1, 0.15) is 9.67 Å². The SMILES string of the molecule is COC(=O)c1cc2c(OCC(=O)NCC(F)(F)F)cccc2s1. The van der Waals surface area contributed by atoms with Gasteiger partial charge in [-0.05, 0) is 18.2 Å². The van der Waals surface area contributed by atoms with E-state index in [0.717, 1.165) is 4.70 Å². The van der Waals surface area contributed by atoms with Gasteiger partial charge in [-0.25, -0.2) is 4.79 Å². The van der Waals surface area contributed by atoms with Crippen LogP contribution in [-0.2, 0) is 9.53 Å². The molecule has 0 saturated heterocycles. The lowest BCUT2D eigenvalue weighted by Crippen LogP contribution is -2.36. The van der Waals surface area contributed by atoms with Crippen molar-refractivity contribution in [2.45, 2.75) is 6.18 Å². The largest absolute Gasteiger partial charge is 0.483 e. The number of benzene rings is 1. The second kappa shape index (κ2) is 6.86. The van der Waals surface area contributed by atoms with Gasteiger partial charge in [0.25, 0.3) is 5.91 Å². The predicted octanol–water partition coefficient (Wildman–Crippen LogP) is 2.75. The normalized spacial score (nSPS) is 11.3. The number of amides is 1. The maximum absolute atomic E-state index is 12.0. The molecular weight excluding hydrogens is 335 g/mol. The van der Waals surface area contributed by atoms with Crippen molar-refractivity contribution in [1.29, 1.82) is 0 Å². The van der Waals surface area contributed by atoms with Crippen molar-refractivity contribution in [3.05, 3.63) is 29.1 Å². The van der Waals surface area contributed by atoms with E-state index in [1.54, 1.807) is 29.6 Å². The molecule has 0 radical (unpaired) electrons. The average molecular weight is 347 g/mol. The Morgan fingerprint density at radius 3 is 2.70 bits per heavy atom. The topological polar surface area (TPSA) is 64.6 Å². The Bertz CT molecular complexity index is 726. The van der Waals surface area contributed by atoms with E-state index in [1.165, 1.54) is 18.4 Å². The zero-order valence-electron chi connectivity index (χ0n) is 11.9. The fraction of sp³-hybridized carbons (Fsp3) is 0.286. The molecule has 5 nitrogen and oxygen atoms in total. The van der Waals surface area contributed by atoms with Gasteiger partial charge in [0.15, 0.2) is 6.61 Å². The number of esters is 1. The molecule has 0 fully saturated rings. The van der Waals surface area contributed by atoms with Crippen molar-refractivity contribution in [1.82, 2.24) is 5.32 Å². The lowest BCUT2D eigenvalue weighted by atomic mass is 10.2. The van der Waals surface area contributed by atoms with E-state index >= 15 is 0 Å². The lowest BCUT2D eigenvalue weighted by molar-refractivity contribution is -0.139. The summed E-state index contributed by atoms with van der Waals surface area (Å²) in [5, 5.41) is 2.30. The molecule has 0 aliphatic carbocycles. The van der Waals surface area contributed by atoms with E-state index in [2.05, 4.69) is 4.74 Å². The fourth-order valence-electron chi connectivity index (χ4n) is 1.75. The molecule has 0 bridgehead atoms. The molecule has 1 aromatic carbocycles. The minimum atomic E-state index is -4.47. The third kappa shape index (κ3) is 4.59. The molecule has 124 valence electrons. The van der Waals surface area contributed by atoms with Crippen molar-refractivity contribution in [2.75, 3.05) is 20.3 Å². The van der Waals surface area contributed by atoms with E-state index in [-0.39, 0.29) is 0 Å². The summed E-state index contributed by atoms with van der Waals surface area (Å²) >= 11 is 1.19. The molecule has 0 saturated carbocycles. The van der Waals surface area contributed by atoms with Crippen LogP contribution in [0.2, 0.25) is 0 Å². The van der Waals surface area contributed by atoms with Gasteiger partial charge in [-0.3, -0.25) is 4.79 Å². The summed E-state index contributed by atoms with van der Waals surface area (Å²) in [6.07, 6.45) is -4.47. The Hall–Kier alpha value is -2.29. The third-order valence-electron chi connectivity index (χ3n) is 2.75. The number of carbonyl (C=O) groups excluding carboxylic acids is 2. The summed E-state index contributed by atoms with van der Waals surface area (Å²) in [4.78, 5) is 23.2. The molecule has 0 spiro atoms. The number of carbonyl (C=O) groups is 2. The van der Waals surface area contributed by atoms with Crippen molar-refractivity contribution in [3.8, 4) is 5.75 Å². The van der Waals surface area contributed by atoms with E-state index in [9.17, 15) is 22.8 Å². The maximum Gasteiger partial charge on any atom is 0.405 e.